The fraction of sp³-hybridized carbons (Fsp3) is 0.727. The van der Waals surface area contributed by atoms with E-state index < -0.39 is 11.2 Å². The molecule has 2 nitrogen and oxygen atoms in total. The van der Waals surface area contributed by atoms with Crippen LogP contribution in [0.3, 0.4) is 0 Å². The zero-order chi connectivity index (χ0) is 13.1. The van der Waals surface area contributed by atoms with Crippen molar-refractivity contribution in [2.45, 2.75) is 38.9 Å². The summed E-state index contributed by atoms with van der Waals surface area (Å²) in [5, 5.41) is 2.42. The molecule has 0 aliphatic rings. The molecule has 1 unspecified atom stereocenters. The van der Waals surface area contributed by atoms with E-state index in [9.17, 15) is 13.2 Å². The van der Waals surface area contributed by atoms with Gasteiger partial charge in [-0.3, -0.25) is 0 Å². The largest absolute Gasteiger partial charge is 0.443 e. The van der Waals surface area contributed by atoms with Crippen LogP contribution in [0.5, 0.6) is 0 Å². The molecule has 1 N–H and O–H groups in total. The van der Waals surface area contributed by atoms with Gasteiger partial charge in [-0.25, -0.2) is 4.98 Å². The molecular formula is C11H17F3N2S. The molecule has 0 amide bonds. The van der Waals surface area contributed by atoms with Gasteiger partial charge < -0.3 is 5.32 Å². The first-order chi connectivity index (χ1) is 7.84. The maximum Gasteiger partial charge on any atom is 0.443 e. The summed E-state index contributed by atoms with van der Waals surface area (Å²) in [5.74, 6) is 0.468. The van der Waals surface area contributed by atoms with Crippen LogP contribution < -0.4 is 5.32 Å². The number of thiazole rings is 1. The number of nitrogens with one attached hydrogen (secondary N) is 1. The van der Waals surface area contributed by atoms with Crippen molar-refractivity contribution in [1.29, 1.82) is 0 Å². The van der Waals surface area contributed by atoms with Crippen LogP contribution in [0.15, 0.2) is 6.20 Å². The molecule has 6 heteroatoms. The van der Waals surface area contributed by atoms with Gasteiger partial charge >= 0.3 is 6.18 Å². The van der Waals surface area contributed by atoms with Crippen LogP contribution in [0, 0.1) is 5.92 Å². The average Bonchev–Trinajstić information content (AvgIpc) is 2.66. The lowest BCUT2D eigenvalue weighted by molar-refractivity contribution is -0.137. The van der Waals surface area contributed by atoms with Crippen molar-refractivity contribution in [2.75, 3.05) is 7.05 Å². The molecule has 1 heterocycles. The maximum atomic E-state index is 12.3. The molecule has 0 saturated carbocycles. The van der Waals surface area contributed by atoms with Gasteiger partial charge in [-0.2, -0.15) is 13.2 Å². The van der Waals surface area contributed by atoms with Crippen LogP contribution in [-0.2, 0) is 12.6 Å². The van der Waals surface area contributed by atoms with E-state index in [-0.39, 0.29) is 0 Å². The van der Waals surface area contributed by atoms with Gasteiger partial charge in [0.05, 0.1) is 0 Å². The minimum Gasteiger partial charge on any atom is -0.317 e. The summed E-state index contributed by atoms with van der Waals surface area (Å²) in [6.07, 6.45) is -1.52. The van der Waals surface area contributed by atoms with E-state index in [4.69, 9.17) is 0 Å². The Morgan fingerprint density at radius 2 is 2.06 bits per heavy atom. The predicted molar refractivity (Wildman–Crippen MR) is 63.1 cm³/mol. The summed E-state index contributed by atoms with van der Waals surface area (Å²) in [7, 11) is 1.87. The minimum absolute atomic E-state index is 0.325. The SMILES string of the molecule is CNC(CCc1cnc(C(F)(F)F)s1)C(C)C. The summed E-state index contributed by atoms with van der Waals surface area (Å²) >= 11 is 0.740. The van der Waals surface area contributed by atoms with E-state index in [1.807, 2.05) is 7.05 Å². The summed E-state index contributed by atoms with van der Waals surface area (Å²) in [6.45, 7) is 4.18. The fourth-order valence-electron chi connectivity index (χ4n) is 1.66. The van der Waals surface area contributed by atoms with Crippen molar-refractivity contribution in [3.8, 4) is 0 Å². The standard InChI is InChI=1S/C11H17F3N2S/c1-7(2)9(15-3)5-4-8-6-16-10(17-8)11(12,13)14/h6-7,9,15H,4-5H2,1-3H3. The Morgan fingerprint density at radius 1 is 1.41 bits per heavy atom. The van der Waals surface area contributed by atoms with Crippen molar-refractivity contribution in [3.63, 3.8) is 0 Å². The molecule has 0 fully saturated rings. The Bertz CT molecular complexity index is 347. The van der Waals surface area contributed by atoms with E-state index in [1.54, 1.807) is 0 Å². The van der Waals surface area contributed by atoms with Gasteiger partial charge in [0.2, 0.25) is 0 Å². The highest BCUT2D eigenvalue weighted by Crippen LogP contribution is 2.32. The smallest absolute Gasteiger partial charge is 0.317 e. The number of aromatic nitrogens is 1. The first-order valence-corrected chi connectivity index (χ1v) is 6.35. The molecule has 0 spiro atoms. The molecule has 1 aromatic rings. The Labute approximate surface area is 103 Å². The third-order valence-corrected chi connectivity index (χ3v) is 3.78. The predicted octanol–water partition coefficient (Wildman–Crippen LogP) is 3.34. The average molecular weight is 266 g/mol. The zero-order valence-electron chi connectivity index (χ0n) is 10.1. The topological polar surface area (TPSA) is 24.9 Å². The van der Waals surface area contributed by atoms with E-state index >= 15 is 0 Å². The summed E-state index contributed by atoms with van der Waals surface area (Å²) in [4.78, 5) is 4.10. The molecule has 0 bridgehead atoms. The highest BCUT2D eigenvalue weighted by Gasteiger charge is 2.34. The molecule has 0 aliphatic carbocycles. The second-order valence-electron chi connectivity index (χ2n) is 4.31. The highest BCUT2D eigenvalue weighted by atomic mass is 32.1. The second kappa shape index (κ2) is 5.82. The van der Waals surface area contributed by atoms with Gasteiger partial charge in [0.25, 0.3) is 0 Å². The minimum atomic E-state index is -4.32. The third-order valence-electron chi connectivity index (χ3n) is 2.67. The molecule has 1 rings (SSSR count). The number of nitrogens with zero attached hydrogens (tertiary/aromatic N) is 1. The van der Waals surface area contributed by atoms with Crippen LogP contribution in [0.1, 0.15) is 30.2 Å². The molecule has 0 aromatic carbocycles. The van der Waals surface area contributed by atoms with Crippen molar-refractivity contribution < 1.29 is 13.2 Å². The molecule has 1 atom stereocenters. The zero-order valence-corrected chi connectivity index (χ0v) is 11.0. The first kappa shape index (κ1) is 14.4. The fourth-order valence-corrected chi connectivity index (χ4v) is 2.46. The van der Waals surface area contributed by atoms with Crippen LogP contribution in [0.4, 0.5) is 13.2 Å². The van der Waals surface area contributed by atoms with Gasteiger partial charge in [0, 0.05) is 17.1 Å². The third kappa shape index (κ3) is 4.27. The van der Waals surface area contributed by atoms with Gasteiger partial charge in [-0.15, -0.1) is 11.3 Å². The Hall–Kier alpha value is -0.620. The highest BCUT2D eigenvalue weighted by molar-refractivity contribution is 7.11. The summed E-state index contributed by atoms with van der Waals surface area (Å²) < 4.78 is 37.0. The Morgan fingerprint density at radius 3 is 2.47 bits per heavy atom. The van der Waals surface area contributed by atoms with Crippen molar-refractivity contribution in [1.82, 2.24) is 10.3 Å². The first-order valence-electron chi connectivity index (χ1n) is 5.53. The lowest BCUT2D eigenvalue weighted by atomic mass is 9.99. The molecule has 1 aromatic heterocycles. The molecule has 0 radical (unpaired) electrons. The van der Waals surface area contributed by atoms with Crippen molar-refractivity contribution in [2.24, 2.45) is 5.92 Å². The summed E-state index contributed by atoms with van der Waals surface area (Å²) in [6, 6.07) is 0.325. The number of hydrogen-bond acceptors (Lipinski definition) is 3. The summed E-state index contributed by atoms with van der Waals surface area (Å²) in [5.41, 5.74) is 0. The normalized spacial score (nSPS) is 14.3. The Kier molecular flexibility index (Phi) is 4.94. The van der Waals surface area contributed by atoms with Crippen LogP contribution in [0.25, 0.3) is 0 Å². The van der Waals surface area contributed by atoms with Crippen LogP contribution in [0.2, 0.25) is 0 Å². The number of aryl methyl sites for hydroxylation is 1. The quantitative estimate of drug-likeness (QED) is 0.884. The van der Waals surface area contributed by atoms with Gasteiger partial charge in [-0.05, 0) is 25.8 Å². The van der Waals surface area contributed by atoms with E-state index in [2.05, 4.69) is 24.1 Å². The Balaban J connectivity index is 2.56. The molecule has 0 aliphatic heterocycles. The molecule has 17 heavy (non-hydrogen) atoms. The second-order valence-corrected chi connectivity index (χ2v) is 5.42. The van der Waals surface area contributed by atoms with Crippen LogP contribution >= 0.6 is 11.3 Å². The number of rotatable bonds is 5. The lowest BCUT2D eigenvalue weighted by Gasteiger charge is -2.19. The van der Waals surface area contributed by atoms with E-state index in [0.717, 1.165) is 17.8 Å². The van der Waals surface area contributed by atoms with Crippen LogP contribution in [-0.4, -0.2) is 18.1 Å². The molecule has 0 saturated heterocycles. The van der Waals surface area contributed by atoms with Crippen molar-refractivity contribution in [3.05, 3.63) is 16.1 Å². The van der Waals surface area contributed by atoms with Gasteiger partial charge in [0.15, 0.2) is 5.01 Å². The lowest BCUT2D eigenvalue weighted by Crippen LogP contribution is -2.30. The van der Waals surface area contributed by atoms with E-state index in [1.165, 1.54) is 6.20 Å². The van der Waals surface area contributed by atoms with Crippen molar-refractivity contribution >= 4 is 11.3 Å². The molecular weight excluding hydrogens is 249 g/mol. The maximum absolute atomic E-state index is 12.3. The van der Waals surface area contributed by atoms with Gasteiger partial charge in [0.1, 0.15) is 0 Å². The monoisotopic (exact) mass is 266 g/mol. The molecule has 98 valence electrons. The number of halogens is 3. The number of hydrogen-bond donors (Lipinski definition) is 1. The van der Waals surface area contributed by atoms with E-state index in [0.29, 0.717) is 23.3 Å². The number of alkyl halides is 3. The van der Waals surface area contributed by atoms with Gasteiger partial charge in [-0.1, -0.05) is 13.8 Å².